The molecule has 0 aliphatic carbocycles. The molecule has 2 bridgehead atoms. The molecule has 5 unspecified atom stereocenters. The number of carboxylic acid groups (broad SMARTS) is 1. The fraction of sp³-hybridized carbons (Fsp3) is 0.846. The fourth-order valence-corrected chi connectivity index (χ4v) is 4.71. The molecule has 20 heavy (non-hydrogen) atoms. The van der Waals surface area contributed by atoms with Crippen molar-refractivity contribution in [2.45, 2.75) is 62.3 Å². The van der Waals surface area contributed by atoms with Gasteiger partial charge in [-0.1, -0.05) is 6.92 Å². The van der Waals surface area contributed by atoms with Crippen LogP contribution in [-0.2, 0) is 9.53 Å². The summed E-state index contributed by atoms with van der Waals surface area (Å²) in [7, 11) is 0. The van der Waals surface area contributed by atoms with Crippen molar-refractivity contribution in [3.8, 4) is 0 Å². The second-order valence-electron chi connectivity index (χ2n) is 5.62. The molecule has 6 nitrogen and oxygen atoms in total. The van der Waals surface area contributed by atoms with Crippen molar-refractivity contribution in [3.63, 3.8) is 0 Å². The lowest BCUT2D eigenvalue weighted by molar-refractivity contribution is -0.141. The number of carboxylic acids is 1. The lowest BCUT2D eigenvalue weighted by Crippen LogP contribution is -2.54. The average Bonchev–Trinajstić information content (AvgIpc) is 3.12. The van der Waals surface area contributed by atoms with Gasteiger partial charge in [-0.15, -0.1) is 11.8 Å². The molecule has 3 aliphatic rings. The standard InChI is InChI=1S/C13H20N2O4S/c1-2-11-15(9(6-20-11)12(16)17)13(18)14-8-5-7-3-4-10(8)19-7/h7-11H,2-6H2,1H3,(H,14,18)(H,16,17). The Morgan fingerprint density at radius 1 is 1.45 bits per heavy atom. The second kappa shape index (κ2) is 5.44. The summed E-state index contributed by atoms with van der Waals surface area (Å²) in [4.78, 5) is 25.2. The molecule has 3 aliphatic heterocycles. The van der Waals surface area contributed by atoms with Gasteiger partial charge in [0.05, 0.1) is 23.6 Å². The largest absolute Gasteiger partial charge is 0.480 e. The number of rotatable bonds is 3. The molecule has 0 saturated carbocycles. The first-order chi connectivity index (χ1) is 9.60. The van der Waals surface area contributed by atoms with Crippen molar-refractivity contribution in [3.05, 3.63) is 0 Å². The number of ether oxygens (including phenoxy) is 1. The molecule has 3 fully saturated rings. The lowest BCUT2D eigenvalue weighted by Gasteiger charge is -2.29. The number of fused-ring (bicyclic) bond motifs is 2. The Labute approximate surface area is 122 Å². The van der Waals surface area contributed by atoms with Crippen molar-refractivity contribution in [1.29, 1.82) is 0 Å². The number of urea groups is 1. The molecule has 3 rings (SSSR count). The molecule has 5 atom stereocenters. The summed E-state index contributed by atoms with van der Waals surface area (Å²) in [6, 6.07) is -0.932. The Balaban J connectivity index is 1.66. The van der Waals surface area contributed by atoms with E-state index < -0.39 is 12.0 Å². The fourth-order valence-electron chi connectivity index (χ4n) is 3.36. The van der Waals surface area contributed by atoms with Crippen LogP contribution in [0.4, 0.5) is 4.79 Å². The van der Waals surface area contributed by atoms with E-state index >= 15 is 0 Å². The van der Waals surface area contributed by atoms with Crippen LogP contribution in [0.25, 0.3) is 0 Å². The van der Waals surface area contributed by atoms with E-state index in [0.29, 0.717) is 5.75 Å². The van der Waals surface area contributed by atoms with Gasteiger partial charge in [-0.3, -0.25) is 4.90 Å². The number of carbonyl (C=O) groups is 2. The highest BCUT2D eigenvalue weighted by molar-refractivity contribution is 8.00. The van der Waals surface area contributed by atoms with E-state index in [1.807, 2.05) is 6.92 Å². The Bertz CT molecular complexity index is 419. The third-order valence-electron chi connectivity index (χ3n) is 4.38. The van der Waals surface area contributed by atoms with Crippen molar-refractivity contribution in [1.82, 2.24) is 10.2 Å². The SMILES string of the molecule is CCC1SCC(C(=O)O)N1C(=O)NC1CC2CCC1O2. The molecule has 3 saturated heterocycles. The molecule has 0 radical (unpaired) electrons. The molecule has 2 amide bonds. The Kier molecular flexibility index (Phi) is 3.81. The monoisotopic (exact) mass is 300 g/mol. The highest BCUT2D eigenvalue weighted by atomic mass is 32.2. The molecular formula is C13H20N2O4S. The molecule has 0 aromatic rings. The summed E-state index contributed by atoms with van der Waals surface area (Å²) in [5.41, 5.74) is 0. The van der Waals surface area contributed by atoms with Gasteiger partial charge in [0.1, 0.15) is 6.04 Å². The first kappa shape index (κ1) is 14.0. The van der Waals surface area contributed by atoms with E-state index in [0.717, 1.165) is 25.7 Å². The highest BCUT2D eigenvalue weighted by Crippen LogP contribution is 2.35. The van der Waals surface area contributed by atoms with Gasteiger partial charge in [0.2, 0.25) is 0 Å². The van der Waals surface area contributed by atoms with E-state index in [1.165, 1.54) is 4.90 Å². The summed E-state index contributed by atoms with van der Waals surface area (Å²) in [6.45, 7) is 1.98. The van der Waals surface area contributed by atoms with Crippen LogP contribution in [0.15, 0.2) is 0 Å². The zero-order valence-electron chi connectivity index (χ0n) is 11.4. The second-order valence-corrected chi connectivity index (χ2v) is 6.83. The maximum Gasteiger partial charge on any atom is 0.327 e. The molecule has 7 heteroatoms. The summed E-state index contributed by atoms with van der Waals surface area (Å²) in [5, 5.41) is 12.2. The first-order valence-corrected chi connectivity index (χ1v) is 8.23. The number of hydrogen-bond donors (Lipinski definition) is 2. The molecule has 3 heterocycles. The minimum Gasteiger partial charge on any atom is -0.480 e. The third kappa shape index (κ3) is 2.37. The Hall–Kier alpha value is -0.950. The maximum absolute atomic E-state index is 12.4. The Morgan fingerprint density at radius 2 is 2.25 bits per heavy atom. The Morgan fingerprint density at radius 3 is 2.80 bits per heavy atom. The average molecular weight is 300 g/mol. The van der Waals surface area contributed by atoms with Gasteiger partial charge in [-0.2, -0.15) is 0 Å². The van der Waals surface area contributed by atoms with Crippen molar-refractivity contribution in [2.75, 3.05) is 5.75 Å². The quantitative estimate of drug-likeness (QED) is 0.820. The van der Waals surface area contributed by atoms with Gasteiger partial charge in [0.25, 0.3) is 0 Å². The zero-order chi connectivity index (χ0) is 14.3. The number of thioether (sulfide) groups is 1. The summed E-state index contributed by atoms with van der Waals surface area (Å²) in [5.74, 6) is -0.457. The summed E-state index contributed by atoms with van der Waals surface area (Å²) in [6.07, 6.45) is 4.06. The van der Waals surface area contributed by atoms with Gasteiger partial charge >= 0.3 is 12.0 Å². The smallest absolute Gasteiger partial charge is 0.327 e. The first-order valence-electron chi connectivity index (χ1n) is 7.18. The van der Waals surface area contributed by atoms with Gasteiger partial charge in [-0.25, -0.2) is 9.59 Å². The van der Waals surface area contributed by atoms with E-state index in [1.54, 1.807) is 11.8 Å². The van der Waals surface area contributed by atoms with Crippen LogP contribution in [-0.4, -0.2) is 57.4 Å². The number of aliphatic carboxylic acids is 1. The molecular weight excluding hydrogens is 280 g/mol. The van der Waals surface area contributed by atoms with E-state index in [2.05, 4.69) is 5.32 Å². The van der Waals surface area contributed by atoms with Gasteiger partial charge < -0.3 is 15.2 Å². The minimum atomic E-state index is -0.923. The molecule has 0 aromatic carbocycles. The van der Waals surface area contributed by atoms with Gasteiger partial charge in [0.15, 0.2) is 0 Å². The molecule has 0 aromatic heterocycles. The minimum absolute atomic E-state index is 0.0406. The van der Waals surface area contributed by atoms with E-state index in [9.17, 15) is 14.7 Å². The van der Waals surface area contributed by atoms with Crippen molar-refractivity contribution in [2.24, 2.45) is 0 Å². The van der Waals surface area contributed by atoms with Crippen LogP contribution in [0.3, 0.4) is 0 Å². The van der Waals surface area contributed by atoms with Crippen LogP contribution in [0.2, 0.25) is 0 Å². The van der Waals surface area contributed by atoms with Crippen molar-refractivity contribution >= 4 is 23.8 Å². The molecule has 0 spiro atoms. The predicted octanol–water partition coefficient (Wildman–Crippen LogP) is 1.25. The maximum atomic E-state index is 12.4. The molecule has 2 N–H and O–H groups in total. The highest BCUT2D eigenvalue weighted by Gasteiger charge is 2.45. The van der Waals surface area contributed by atoms with Gasteiger partial charge in [-0.05, 0) is 25.7 Å². The number of nitrogens with zero attached hydrogens (tertiary/aromatic N) is 1. The summed E-state index contributed by atoms with van der Waals surface area (Å²) < 4.78 is 5.72. The zero-order valence-corrected chi connectivity index (χ0v) is 12.3. The van der Waals surface area contributed by atoms with Crippen LogP contribution < -0.4 is 5.32 Å². The number of amides is 2. The number of hydrogen-bond acceptors (Lipinski definition) is 4. The van der Waals surface area contributed by atoms with Crippen molar-refractivity contribution < 1.29 is 19.4 Å². The van der Waals surface area contributed by atoms with Gasteiger partial charge in [0, 0.05) is 5.75 Å². The third-order valence-corrected chi connectivity index (χ3v) is 5.83. The topological polar surface area (TPSA) is 78.9 Å². The number of carbonyl (C=O) groups excluding carboxylic acids is 1. The lowest BCUT2D eigenvalue weighted by atomic mass is 9.96. The molecule has 112 valence electrons. The van der Waals surface area contributed by atoms with Crippen LogP contribution in [0.5, 0.6) is 0 Å². The number of nitrogens with one attached hydrogen (secondary N) is 1. The normalized spacial score (nSPS) is 39.2. The van der Waals surface area contributed by atoms with Crippen LogP contribution in [0, 0.1) is 0 Å². The van der Waals surface area contributed by atoms with E-state index in [-0.39, 0.29) is 29.7 Å². The van der Waals surface area contributed by atoms with Crippen LogP contribution >= 0.6 is 11.8 Å². The predicted molar refractivity (Wildman–Crippen MR) is 74.6 cm³/mol. The van der Waals surface area contributed by atoms with Crippen LogP contribution in [0.1, 0.15) is 32.6 Å². The summed E-state index contributed by atoms with van der Waals surface area (Å²) >= 11 is 1.54. The van der Waals surface area contributed by atoms with E-state index in [4.69, 9.17) is 4.74 Å².